The van der Waals surface area contributed by atoms with Gasteiger partial charge in [-0.1, -0.05) is 90.4 Å². The number of hydrogen-bond acceptors (Lipinski definition) is 3. The molecule has 10 atom stereocenters. The molecule has 43 heavy (non-hydrogen) atoms. The number of carboxylic acids is 1. The second-order valence-electron chi connectivity index (χ2n) is 16.6. The monoisotopic (exact) mass is 586 g/mol. The summed E-state index contributed by atoms with van der Waals surface area (Å²) < 4.78 is 6.21. The van der Waals surface area contributed by atoms with Gasteiger partial charge in [0.25, 0.3) is 0 Å². The van der Waals surface area contributed by atoms with Gasteiger partial charge in [-0.3, -0.25) is 4.79 Å². The Labute approximate surface area is 259 Å². The van der Waals surface area contributed by atoms with E-state index in [4.69, 9.17) is 4.74 Å². The maximum absolute atomic E-state index is 13.0. The molecule has 1 aromatic rings. The van der Waals surface area contributed by atoms with Gasteiger partial charge in [0.05, 0.1) is 5.41 Å². The molecule has 1 aromatic carbocycles. The summed E-state index contributed by atoms with van der Waals surface area (Å²) in [5.74, 6) is 1.29. The van der Waals surface area contributed by atoms with E-state index >= 15 is 0 Å². The number of ether oxygens (including phenoxy) is 1. The molecule has 0 spiro atoms. The molecule has 0 aromatic heterocycles. The van der Waals surface area contributed by atoms with Crippen LogP contribution in [0, 0.1) is 56.7 Å². The van der Waals surface area contributed by atoms with Crippen LogP contribution in [0.1, 0.15) is 112 Å². The fourth-order valence-electron chi connectivity index (χ4n) is 12.0. The van der Waals surface area contributed by atoms with Crippen molar-refractivity contribution in [1.82, 2.24) is 0 Å². The molecule has 0 bridgehead atoms. The molecular weight excluding hydrogens is 532 g/mol. The van der Waals surface area contributed by atoms with Crippen molar-refractivity contribution in [2.45, 2.75) is 112 Å². The lowest BCUT2D eigenvalue weighted by atomic mass is 9.33. The summed E-state index contributed by atoms with van der Waals surface area (Å²) in [5.41, 5.74) is 2.08. The summed E-state index contributed by atoms with van der Waals surface area (Å²) >= 11 is 0. The van der Waals surface area contributed by atoms with Gasteiger partial charge in [-0.05, 0) is 115 Å². The minimum absolute atomic E-state index is 0.0223. The Morgan fingerprint density at radius 3 is 2.30 bits per heavy atom. The normalized spacial score (nSPS) is 45.1. The van der Waals surface area contributed by atoms with Gasteiger partial charge in [-0.15, -0.1) is 0 Å². The van der Waals surface area contributed by atoms with Crippen molar-refractivity contribution in [2.75, 3.05) is 0 Å². The highest BCUT2D eigenvalue weighted by Gasteiger charge is 2.69. The van der Waals surface area contributed by atoms with E-state index in [-0.39, 0.29) is 39.7 Å². The number of benzene rings is 1. The topological polar surface area (TPSA) is 63.6 Å². The molecule has 4 heteroatoms. The van der Waals surface area contributed by atoms with Crippen LogP contribution in [0.25, 0.3) is 6.08 Å². The van der Waals surface area contributed by atoms with Gasteiger partial charge in [0.15, 0.2) is 0 Å². The molecule has 0 radical (unpaired) electrons. The minimum atomic E-state index is -0.597. The third-order valence-corrected chi connectivity index (χ3v) is 14.8. The van der Waals surface area contributed by atoms with E-state index in [0.29, 0.717) is 23.7 Å². The molecule has 5 aliphatic carbocycles. The Hall–Kier alpha value is -2.36. The molecule has 6 rings (SSSR count). The number of carboxylic acid groups (broad SMARTS) is 1. The minimum Gasteiger partial charge on any atom is -0.481 e. The van der Waals surface area contributed by atoms with Crippen LogP contribution in [0.4, 0.5) is 0 Å². The van der Waals surface area contributed by atoms with Crippen LogP contribution in [-0.4, -0.2) is 23.1 Å². The van der Waals surface area contributed by atoms with Crippen molar-refractivity contribution in [2.24, 2.45) is 56.7 Å². The second kappa shape index (κ2) is 10.3. The number of fused-ring (bicyclic) bond motifs is 7. The highest BCUT2D eigenvalue weighted by atomic mass is 16.5. The summed E-state index contributed by atoms with van der Waals surface area (Å²) in [7, 11) is 0. The second-order valence-corrected chi connectivity index (χ2v) is 16.6. The first kappa shape index (κ1) is 30.7. The smallest absolute Gasteiger partial charge is 0.331 e. The third-order valence-electron chi connectivity index (χ3n) is 14.8. The van der Waals surface area contributed by atoms with Crippen molar-refractivity contribution in [3.8, 4) is 0 Å². The molecule has 0 amide bonds. The molecular formula is C39H54O4. The van der Waals surface area contributed by atoms with Crippen LogP contribution < -0.4 is 0 Å². The summed E-state index contributed by atoms with van der Waals surface area (Å²) in [6.45, 7) is 17.0. The first-order valence-corrected chi connectivity index (χ1v) is 17.1. The first-order valence-electron chi connectivity index (χ1n) is 17.1. The van der Waals surface area contributed by atoms with E-state index in [1.165, 1.54) is 5.57 Å². The quantitative estimate of drug-likeness (QED) is 0.217. The predicted octanol–water partition coefficient (Wildman–Crippen LogP) is 9.35. The van der Waals surface area contributed by atoms with E-state index in [2.05, 4.69) is 54.5 Å². The number of aliphatic carboxylic acids is 1. The van der Waals surface area contributed by atoms with Crippen LogP contribution in [-0.2, 0) is 14.3 Å². The summed E-state index contributed by atoms with van der Waals surface area (Å²) in [6.07, 6.45) is 14.8. The highest BCUT2D eigenvalue weighted by Crippen LogP contribution is 2.75. The molecule has 4 saturated carbocycles. The van der Waals surface area contributed by atoms with Gasteiger partial charge in [0, 0.05) is 11.5 Å². The van der Waals surface area contributed by atoms with Crippen LogP contribution in [0.2, 0.25) is 0 Å². The van der Waals surface area contributed by atoms with E-state index in [0.717, 1.165) is 63.4 Å². The zero-order chi connectivity index (χ0) is 31.0. The van der Waals surface area contributed by atoms with Gasteiger partial charge in [-0.25, -0.2) is 4.79 Å². The van der Waals surface area contributed by atoms with Gasteiger partial charge in [-0.2, -0.15) is 0 Å². The van der Waals surface area contributed by atoms with Gasteiger partial charge in [0.1, 0.15) is 6.10 Å². The standard InChI is InChI=1S/C39H54O4/c1-25-17-22-39(34(41)42)24-23-37(6)28(33(39)26(25)2)14-15-30-36(5)20-19-31(35(3,4)29(36)18-21-38(30,37)7)43-32(40)16-13-27-11-9-8-10-12-27/h8-14,16,25-26,29-31,33H,15,17-24H2,1-7H3,(H,41,42)/b16-13+/t25-,26+,29+,30-,31+,33+,36+,37-,38-,39+/m1/s1. The first-order chi connectivity index (χ1) is 20.2. The number of rotatable bonds is 4. The number of allylic oxidation sites excluding steroid dienone is 2. The van der Waals surface area contributed by atoms with E-state index < -0.39 is 11.4 Å². The van der Waals surface area contributed by atoms with Crippen molar-refractivity contribution in [3.63, 3.8) is 0 Å². The lowest BCUT2D eigenvalue weighted by Gasteiger charge is -2.71. The van der Waals surface area contributed by atoms with Crippen molar-refractivity contribution in [3.05, 3.63) is 53.6 Å². The molecule has 0 aliphatic heterocycles. The fourth-order valence-corrected chi connectivity index (χ4v) is 12.0. The van der Waals surface area contributed by atoms with Crippen LogP contribution in [0.3, 0.4) is 0 Å². The Morgan fingerprint density at radius 2 is 1.60 bits per heavy atom. The number of hydrogen-bond donors (Lipinski definition) is 1. The maximum Gasteiger partial charge on any atom is 0.331 e. The Kier molecular flexibility index (Phi) is 7.38. The molecule has 5 aliphatic rings. The van der Waals surface area contributed by atoms with Gasteiger partial charge < -0.3 is 9.84 Å². The summed E-state index contributed by atoms with van der Waals surface area (Å²) in [5, 5.41) is 10.7. The van der Waals surface area contributed by atoms with Gasteiger partial charge in [0.2, 0.25) is 0 Å². The lowest BCUT2D eigenvalue weighted by Crippen LogP contribution is -2.65. The predicted molar refractivity (Wildman–Crippen MR) is 172 cm³/mol. The third kappa shape index (κ3) is 4.35. The number of carbonyl (C=O) groups is 2. The lowest BCUT2D eigenvalue weighted by molar-refractivity contribution is -0.213. The molecule has 234 valence electrons. The zero-order valence-corrected chi connectivity index (χ0v) is 27.6. The molecule has 0 heterocycles. The van der Waals surface area contributed by atoms with E-state index in [1.54, 1.807) is 6.08 Å². The molecule has 1 N–H and O–H groups in total. The van der Waals surface area contributed by atoms with Gasteiger partial charge >= 0.3 is 11.9 Å². The Balaban J connectivity index is 1.28. The zero-order valence-electron chi connectivity index (χ0n) is 27.6. The largest absolute Gasteiger partial charge is 0.481 e. The summed E-state index contributed by atoms with van der Waals surface area (Å²) in [4.78, 5) is 25.9. The average Bonchev–Trinajstić information content (AvgIpc) is 2.96. The van der Waals surface area contributed by atoms with E-state index in [1.807, 2.05) is 36.4 Å². The highest BCUT2D eigenvalue weighted by molar-refractivity contribution is 5.87. The SMILES string of the molecule is C[C@H]1[C@H](C)CC[C@]2(C(=O)O)CC[C@]3(C)C(=CC[C@@H]4[C@@]5(C)CC[C@H](OC(=O)/C=C/c6ccccc6)C(C)(C)[C@@H]5CC[C@]43C)[C@H]12. The van der Waals surface area contributed by atoms with Crippen molar-refractivity contribution >= 4 is 18.0 Å². The Morgan fingerprint density at radius 1 is 0.884 bits per heavy atom. The molecule has 0 unspecified atom stereocenters. The van der Waals surface area contributed by atoms with E-state index in [9.17, 15) is 14.7 Å². The number of carbonyl (C=O) groups excluding carboxylic acids is 1. The molecule has 4 fully saturated rings. The van der Waals surface area contributed by atoms with Crippen LogP contribution in [0.5, 0.6) is 0 Å². The number of esters is 1. The maximum atomic E-state index is 13.0. The van der Waals surface area contributed by atoms with Crippen LogP contribution in [0.15, 0.2) is 48.1 Å². The Bertz CT molecular complexity index is 1330. The van der Waals surface area contributed by atoms with Crippen molar-refractivity contribution in [1.29, 1.82) is 0 Å². The summed E-state index contributed by atoms with van der Waals surface area (Å²) in [6, 6.07) is 9.91. The average molecular weight is 587 g/mol. The van der Waals surface area contributed by atoms with Crippen molar-refractivity contribution < 1.29 is 19.4 Å². The fraction of sp³-hybridized carbons (Fsp3) is 0.692. The molecule has 4 nitrogen and oxygen atoms in total. The molecule has 0 saturated heterocycles. The van der Waals surface area contributed by atoms with Crippen LogP contribution >= 0.6 is 0 Å².